The first kappa shape index (κ1) is 12.7. The van der Waals surface area contributed by atoms with Gasteiger partial charge >= 0.3 is 0 Å². The van der Waals surface area contributed by atoms with Gasteiger partial charge < -0.3 is 0 Å². The van der Waals surface area contributed by atoms with Gasteiger partial charge in [-0.15, -0.1) is 0 Å². The van der Waals surface area contributed by atoms with Gasteiger partial charge in [-0.3, -0.25) is 10.2 Å². The van der Waals surface area contributed by atoms with Crippen LogP contribution in [0.3, 0.4) is 0 Å². The Bertz CT molecular complexity index is 397. The van der Waals surface area contributed by atoms with Crippen LogP contribution in [0.4, 0.5) is 0 Å². The summed E-state index contributed by atoms with van der Waals surface area (Å²) in [5.41, 5.74) is 7.61. The van der Waals surface area contributed by atoms with Crippen molar-refractivity contribution < 1.29 is 4.79 Å². The fourth-order valence-electron chi connectivity index (χ4n) is 1.67. The molecule has 0 heterocycles. The first-order valence-corrected chi connectivity index (χ1v) is 5.44. The van der Waals surface area contributed by atoms with Crippen molar-refractivity contribution in [3.05, 3.63) is 34.4 Å². The van der Waals surface area contributed by atoms with Gasteiger partial charge in [0, 0.05) is 14.1 Å². The molecule has 16 heavy (non-hydrogen) atoms. The van der Waals surface area contributed by atoms with E-state index in [2.05, 4.69) is 32.3 Å². The lowest BCUT2D eigenvalue weighted by molar-refractivity contribution is -0.124. The van der Waals surface area contributed by atoms with Crippen LogP contribution < -0.4 is 5.43 Å². The Morgan fingerprint density at radius 2 is 1.81 bits per heavy atom. The molecule has 0 spiro atoms. The quantitative estimate of drug-likeness (QED) is 0.787. The van der Waals surface area contributed by atoms with Crippen LogP contribution in [0.2, 0.25) is 0 Å². The minimum Gasteiger partial charge on any atom is -0.289 e. The maximum absolute atomic E-state index is 11.6. The van der Waals surface area contributed by atoms with Crippen LogP contribution in [0.25, 0.3) is 0 Å². The average Bonchev–Trinajstić information content (AvgIpc) is 2.18. The minimum absolute atomic E-state index is 0.0244. The van der Waals surface area contributed by atoms with E-state index in [0.717, 1.165) is 5.56 Å². The third-order valence-electron chi connectivity index (χ3n) is 2.87. The monoisotopic (exact) mass is 220 g/mol. The Kier molecular flexibility index (Phi) is 4.07. The number of nitrogens with zero attached hydrogens (tertiary/aromatic N) is 1. The summed E-state index contributed by atoms with van der Waals surface area (Å²) in [4.78, 5) is 11.6. The molecule has 88 valence electrons. The highest BCUT2D eigenvalue weighted by Crippen LogP contribution is 2.17. The summed E-state index contributed by atoms with van der Waals surface area (Å²) in [6, 6.07) is 4.10. The van der Waals surface area contributed by atoms with E-state index in [4.69, 9.17) is 0 Å². The number of carbonyl (C=O) groups is 1. The second-order valence-electron chi connectivity index (χ2n) is 4.40. The molecule has 1 amide bonds. The maximum Gasteiger partial charge on any atom is 0.238 e. The largest absolute Gasteiger partial charge is 0.289 e. The molecule has 0 unspecified atom stereocenters. The zero-order valence-electron chi connectivity index (χ0n) is 10.7. The smallest absolute Gasteiger partial charge is 0.238 e. The standard InChI is InChI=1S/C13H20N2O/c1-9-6-7-12(11(3)10(9)2)8-13(16)14-15(4)5/h6-7H,8H2,1-5H3,(H,14,16). The summed E-state index contributed by atoms with van der Waals surface area (Å²) >= 11 is 0. The topological polar surface area (TPSA) is 32.3 Å². The molecule has 0 saturated carbocycles. The number of carbonyl (C=O) groups excluding carboxylic acids is 1. The molecule has 3 nitrogen and oxygen atoms in total. The predicted octanol–water partition coefficient (Wildman–Crippen LogP) is 1.75. The third kappa shape index (κ3) is 3.07. The van der Waals surface area contributed by atoms with Gasteiger partial charge in [-0.2, -0.15) is 0 Å². The highest BCUT2D eigenvalue weighted by atomic mass is 16.2. The average molecular weight is 220 g/mol. The summed E-state index contributed by atoms with van der Waals surface area (Å²) < 4.78 is 0. The van der Waals surface area contributed by atoms with Crippen LogP contribution in [0, 0.1) is 20.8 Å². The minimum atomic E-state index is 0.0244. The van der Waals surface area contributed by atoms with Crippen LogP contribution in [-0.2, 0) is 11.2 Å². The van der Waals surface area contributed by atoms with Crippen molar-refractivity contribution in [3.8, 4) is 0 Å². The number of amides is 1. The molecule has 0 fully saturated rings. The number of rotatable bonds is 3. The van der Waals surface area contributed by atoms with E-state index in [1.54, 1.807) is 5.01 Å². The molecule has 3 heteroatoms. The molecule has 0 saturated heterocycles. The van der Waals surface area contributed by atoms with Crippen molar-refractivity contribution in [1.29, 1.82) is 0 Å². The van der Waals surface area contributed by atoms with E-state index < -0.39 is 0 Å². The molecule has 0 bridgehead atoms. The van der Waals surface area contributed by atoms with Crippen LogP contribution in [-0.4, -0.2) is 25.0 Å². The number of aryl methyl sites for hydroxylation is 1. The maximum atomic E-state index is 11.6. The summed E-state index contributed by atoms with van der Waals surface area (Å²) in [6.07, 6.45) is 0.436. The van der Waals surface area contributed by atoms with Gasteiger partial charge in [0.2, 0.25) is 5.91 Å². The van der Waals surface area contributed by atoms with E-state index in [1.807, 2.05) is 20.2 Å². The highest BCUT2D eigenvalue weighted by Gasteiger charge is 2.08. The second-order valence-corrected chi connectivity index (χ2v) is 4.40. The number of hydrogen-bond acceptors (Lipinski definition) is 2. The molecule has 1 rings (SSSR count). The van der Waals surface area contributed by atoms with Crippen LogP contribution in [0.1, 0.15) is 22.3 Å². The Morgan fingerprint density at radius 1 is 1.19 bits per heavy atom. The van der Waals surface area contributed by atoms with Crippen molar-refractivity contribution in [2.24, 2.45) is 0 Å². The van der Waals surface area contributed by atoms with Crippen molar-refractivity contribution >= 4 is 5.91 Å². The number of hydrazine groups is 1. The number of nitrogens with one attached hydrogen (secondary N) is 1. The fourth-order valence-corrected chi connectivity index (χ4v) is 1.67. The summed E-state index contributed by atoms with van der Waals surface area (Å²) in [5.74, 6) is 0.0244. The van der Waals surface area contributed by atoms with Crippen LogP contribution >= 0.6 is 0 Å². The van der Waals surface area contributed by atoms with Crippen molar-refractivity contribution in [1.82, 2.24) is 10.4 Å². The van der Waals surface area contributed by atoms with Crippen molar-refractivity contribution in [2.45, 2.75) is 27.2 Å². The molecular weight excluding hydrogens is 200 g/mol. The predicted molar refractivity (Wildman–Crippen MR) is 66.2 cm³/mol. The van der Waals surface area contributed by atoms with Crippen molar-refractivity contribution in [2.75, 3.05) is 14.1 Å². The Morgan fingerprint density at radius 3 is 2.38 bits per heavy atom. The highest BCUT2D eigenvalue weighted by molar-refractivity contribution is 5.78. The Balaban J connectivity index is 2.82. The fraction of sp³-hybridized carbons (Fsp3) is 0.462. The SMILES string of the molecule is Cc1ccc(CC(=O)NN(C)C)c(C)c1C. The third-order valence-corrected chi connectivity index (χ3v) is 2.87. The normalized spacial score (nSPS) is 10.6. The van der Waals surface area contributed by atoms with E-state index in [-0.39, 0.29) is 5.91 Å². The summed E-state index contributed by atoms with van der Waals surface area (Å²) in [7, 11) is 3.62. The zero-order chi connectivity index (χ0) is 12.3. The van der Waals surface area contributed by atoms with E-state index in [0.29, 0.717) is 6.42 Å². The lowest BCUT2D eigenvalue weighted by Gasteiger charge is -2.14. The molecule has 1 aromatic carbocycles. The summed E-state index contributed by atoms with van der Waals surface area (Å²) in [5, 5.41) is 1.67. The lowest BCUT2D eigenvalue weighted by Crippen LogP contribution is -2.37. The Hall–Kier alpha value is -1.35. The van der Waals surface area contributed by atoms with Gasteiger partial charge in [0.25, 0.3) is 0 Å². The molecule has 0 aliphatic heterocycles. The van der Waals surface area contributed by atoms with E-state index in [9.17, 15) is 4.79 Å². The molecule has 1 aromatic rings. The molecule has 0 aliphatic carbocycles. The van der Waals surface area contributed by atoms with Crippen LogP contribution in [0.5, 0.6) is 0 Å². The van der Waals surface area contributed by atoms with E-state index >= 15 is 0 Å². The zero-order valence-corrected chi connectivity index (χ0v) is 10.7. The molecule has 0 aromatic heterocycles. The van der Waals surface area contributed by atoms with Gasteiger partial charge in [0.1, 0.15) is 0 Å². The molecule has 0 atom stereocenters. The lowest BCUT2D eigenvalue weighted by atomic mass is 9.97. The van der Waals surface area contributed by atoms with Gasteiger partial charge in [-0.25, -0.2) is 5.01 Å². The van der Waals surface area contributed by atoms with Gasteiger partial charge in [0.05, 0.1) is 6.42 Å². The first-order valence-electron chi connectivity index (χ1n) is 5.44. The summed E-state index contributed by atoms with van der Waals surface area (Å²) in [6.45, 7) is 6.25. The Labute approximate surface area is 97.4 Å². The molecule has 0 radical (unpaired) electrons. The number of hydrogen-bond donors (Lipinski definition) is 1. The first-order chi connectivity index (χ1) is 7.41. The molecule has 1 N–H and O–H groups in total. The second kappa shape index (κ2) is 5.12. The number of benzene rings is 1. The van der Waals surface area contributed by atoms with Gasteiger partial charge in [-0.1, -0.05) is 12.1 Å². The molecule has 0 aliphatic rings. The van der Waals surface area contributed by atoms with Crippen LogP contribution in [0.15, 0.2) is 12.1 Å². The van der Waals surface area contributed by atoms with E-state index in [1.165, 1.54) is 16.7 Å². The van der Waals surface area contributed by atoms with Gasteiger partial charge in [0.15, 0.2) is 0 Å². The molecular formula is C13H20N2O. The van der Waals surface area contributed by atoms with Gasteiger partial charge in [-0.05, 0) is 43.0 Å². The van der Waals surface area contributed by atoms with Crippen molar-refractivity contribution in [3.63, 3.8) is 0 Å².